The van der Waals surface area contributed by atoms with E-state index in [0.717, 1.165) is 21.2 Å². The van der Waals surface area contributed by atoms with Gasteiger partial charge in [-0.1, -0.05) is 23.7 Å². The number of benzene rings is 1. The van der Waals surface area contributed by atoms with E-state index in [1.54, 1.807) is 24.3 Å². The van der Waals surface area contributed by atoms with Crippen molar-refractivity contribution in [3.05, 3.63) is 46.3 Å². The van der Waals surface area contributed by atoms with Crippen molar-refractivity contribution in [2.45, 2.75) is 30.5 Å². The van der Waals surface area contributed by atoms with Crippen molar-refractivity contribution in [3.63, 3.8) is 0 Å². The van der Waals surface area contributed by atoms with Gasteiger partial charge in [0.1, 0.15) is 4.21 Å². The molecular formula is C18H22ClN3O4S2. The molecule has 0 aliphatic heterocycles. The molecule has 0 bridgehead atoms. The topological polar surface area (TPSA) is 95.6 Å². The van der Waals surface area contributed by atoms with Gasteiger partial charge in [-0.2, -0.15) is 4.31 Å². The van der Waals surface area contributed by atoms with Crippen LogP contribution in [0.15, 0.2) is 40.6 Å². The Morgan fingerprint density at radius 1 is 1.11 bits per heavy atom. The number of nitrogens with one attached hydrogen (secondary N) is 2. The van der Waals surface area contributed by atoms with E-state index in [2.05, 4.69) is 10.6 Å². The van der Waals surface area contributed by atoms with E-state index < -0.39 is 15.9 Å². The average Bonchev–Trinajstić information content (AvgIpc) is 3.03. The van der Waals surface area contributed by atoms with E-state index in [1.807, 2.05) is 13.8 Å². The molecule has 0 spiro atoms. The quantitative estimate of drug-likeness (QED) is 0.655. The lowest BCUT2D eigenvalue weighted by Gasteiger charge is -2.15. The molecule has 0 saturated carbocycles. The van der Waals surface area contributed by atoms with Crippen LogP contribution in [0.4, 0.5) is 5.69 Å². The summed E-state index contributed by atoms with van der Waals surface area (Å²) >= 11 is 6.72. The number of amides is 2. The molecule has 0 atom stereocenters. The summed E-state index contributed by atoms with van der Waals surface area (Å²) in [6.07, 6.45) is 0.247. The van der Waals surface area contributed by atoms with Crippen LogP contribution in [0, 0.1) is 0 Å². The van der Waals surface area contributed by atoms with Gasteiger partial charge in [0, 0.05) is 18.8 Å². The highest BCUT2D eigenvalue weighted by molar-refractivity contribution is 7.91. The summed E-state index contributed by atoms with van der Waals surface area (Å²) in [7, 11) is -2.44. The van der Waals surface area contributed by atoms with Crippen LogP contribution in [0.2, 0.25) is 4.34 Å². The van der Waals surface area contributed by atoms with E-state index in [0.29, 0.717) is 10.0 Å². The van der Waals surface area contributed by atoms with Gasteiger partial charge in [-0.05, 0) is 43.7 Å². The summed E-state index contributed by atoms with van der Waals surface area (Å²) < 4.78 is 26.2. The maximum atomic E-state index is 12.4. The molecule has 0 fully saturated rings. The molecule has 1 aromatic heterocycles. The number of nitrogens with zero attached hydrogens (tertiary/aromatic N) is 1. The van der Waals surface area contributed by atoms with Gasteiger partial charge >= 0.3 is 0 Å². The van der Waals surface area contributed by atoms with E-state index in [9.17, 15) is 18.0 Å². The third-order valence-electron chi connectivity index (χ3n) is 3.63. The van der Waals surface area contributed by atoms with Crippen LogP contribution >= 0.6 is 22.9 Å². The van der Waals surface area contributed by atoms with Gasteiger partial charge in [-0.15, -0.1) is 11.3 Å². The average molecular weight is 444 g/mol. The first-order valence-electron chi connectivity index (χ1n) is 8.48. The number of hydrogen-bond acceptors (Lipinski definition) is 5. The van der Waals surface area contributed by atoms with E-state index in [4.69, 9.17) is 11.6 Å². The van der Waals surface area contributed by atoms with Crippen molar-refractivity contribution < 1.29 is 18.0 Å². The lowest BCUT2D eigenvalue weighted by molar-refractivity contribution is -0.121. The minimum absolute atomic E-state index is 0.0736. The lowest BCUT2D eigenvalue weighted by Crippen LogP contribution is -2.34. The third-order valence-corrected chi connectivity index (χ3v) is 7.13. The molecule has 7 nitrogen and oxygen atoms in total. The summed E-state index contributed by atoms with van der Waals surface area (Å²) in [6, 6.07) is 9.80. The zero-order chi connectivity index (χ0) is 20.9. The van der Waals surface area contributed by atoms with Crippen molar-refractivity contribution in [1.29, 1.82) is 0 Å². The van der Waals surface area contributed by atoms with Crippen LogP contribution in [-0.4, -0.2) is 44.2 Å². The summed E-state index contributed by atoms with van der Waals surface area (Å²) in [5.41, 5.74) is 1.33. The molecular weight excluding hydrogens is 422 g/mol. The van der Waals surface area contributed by atoms with Gasteiger partial charge in [0.05, 0.1) is 17.3 Å². The monoisotopic (exact) mass is 443 g/mol. The van der Waals surface area contributed by atoms with Gasteiger partial charge in [0.2, 0.25) is 11.8 Å². The smallest absolute Gasteiger partial charge is 0.252 e. The van der Waals surface area contributed by atoms with Crippen LogP contribution in [0.5, 0.6) is 0 Å². The fourth-order valence-electron chi connectivity index (χ4n) is 2.34. The number of carbonyl (C=O) groups is 2. The highest BCUT2D eigenvalue weighted by Gasteiger charge is 2.24. The SMILES string of the molecule is CC(C)NC(=O)Cc1ccc(NC(=O)CN(C)S(=O)(=O)c2ccc(Cl)s2)cc1. The predicted octanol–water partition coefficient (Wildman–Crippen LogP) is 2.73. The number of anilines is 1. The maximum absolute atomic E-state index is 12.4. The van der Waals surface area contributed by atoms with Crippen molar-refractivity contribution in [2.24, 2.45) is 0 Å². The molecule has 0 radical (unpaired) electrons. The van der Waals surface area contributed by atoms with Crippen molar-refractivity contribution in [2.75, 3.05) is 18.9 Å². The molecule has 0 aliphatic rings. The summed E-state index contributed by atoms with van der Waals surface area (Å²) in [5.74, 6) is -0.550. The minimum atomic E-state index is -3.77. The Bertz CT molecular complexity index is 940. The first-order valence-corrected chi connectivity index (χ1v) is 11.1. The number of sulfonamides is 1. The Labute approximate surface area is 173 Å². The normalized spacial score (nSPS) is 11.6. The Morgan fingerprint density at radius 2 is 1.75 bits per heavy atom. The van der Waals surface area contributed by atoms with Crippen LogP contribution in [0.3, 0.4) is 0 Å². The Hall–Kier alpha value is -1.94. The second-order valence-electron chi connectivity index (χ2n) is 6.46. The third kappa shape index (κ3) is 6.30. The molecule has 0 saturated heterocycles. The van der Waals surface area contributed by atoms with Crippen LogP contribution < -0.4 is 10.6 Å². The number of halogens is 1. The van der Waals surface area contributed by atoms with Crippen LogP contribution in [-0.2, 0) is 26.0 Å². The number of likely N-dealkylation sites (N-methyl/N-ethyl adjacent to an activating group) is 1. The van der Waals surface area contributed by atoms with Crippen molar-refractivity contribution in [1.82, 2.24) is 9.62 Å². The second-order valence-corrected chi connectivity index (χ2v) is 10.5. The summed E-state index contributed by atoms with van der Waals surface area (Å²) in [5, 5.41) is 5.46. The van der Waals surface area contributed by atoms with E-state index >= 15 is 0 Å². The molecule has 2 aromatic rings. The van der Waals surface area contributed by atoms with E-state index in [1.165, 1.54) is 19.2 Å². The molecule has 0 unspecified atom stereocenters. The Morgan fingerprint density at radius 3 is 2.29 bits per heavy atom. The first-order chi connectivity index (χ1) is 13.1. The molecule has 1 aromatic carbocycles. The molecule has 28 heavy (non-hydrogen) atoms. The molecule has 2 rings (SSSR count). The van der Waals surface area contributed by atoms with Crippen LogP contribution in [0.25, 0.3) is 0 Å². The van der Waals surface area contributed by atoms with Crippen LogP contribution in [0.1, 0.15) is 19.4 Å². The highest BCUT2D eigenvalue weighted by atomic mass is 35.5. The zero-order valence-electron chi connectivity index (χ0n) is 15.7. The zero-order valence-corrected chi connectivity index (χ0v) is 18.1. The first kappa shape index (κ1) is 22.4. The summed E-state index contributed by atoms with van der Waals surface area (Å²) in [4.78, 5) is 24.0. The van der Waals surface area contributed by atoms with Crippen molar-refractivity contribution in [3.8, 4) is 0 Å². The molecule has 152 valence electrons. The summed E-state index contributed by atoms with van der Waals surface area (Å²) in [6.45, 7) is 3.44. The standard InChI is InChI=1S/C18H22ClN3O4S2/c1-12(2)20-16(23)10-13-4-6-14(7-5-13)21-17(24)11-22(3)28(25,26)18-9-8-15(19)27-18/h4-9,12H,10-11H2,1-3H3,(H,20,23)(H,21,24). The van der Waals surface area contributed by atoms with Gasteiger partial charge in [-0.3, -0.25) is 9.59 Å². The largest absolute Gasteiger partial charge is 0.354 e. The number of thiophene rings is 1. The predicted molar refractivity (Wildman–Crippen MR) is 111 cm³/mol. The number of carbonyl (C=O) groups excluding carboxylic acids is 2. The lowest BCUT2D eigenvalue weighted by atomic mass is 10.1. The minimum Gasteiger partial charge on any atom is -0.354 e. The van der Waals surface area contributed by atoms with Gasteiger partial charge in [0.15, 0.2) is 0 Å². The molecule has 2 amide bonds. The highest BCUT2D eigenvalue weighted by Crippen LogP contribution is 2.27. The molecule has 1 heterocycles. The van der Waals surface area contributed by atoms with Gasteiger partial charge in [0.25, 0.3) is 10.0 Å². The van der Waals surface area contributed by atoms with E-state index in [-0.39, 0.29) is 29.1 Å². The fraction of sp³-hybridized carbons (Fsp3) is 0.333. The number of hydrogen-bond donors (Lipinski definition) is 2. The Kier molecular flexibility index (Phi) is 7.59. The Balaban J connectivity index is 1.93. The molecule has 2 N–H and O–H groups in total. The van der Waals surface area contributed by atoms with Gasteiger partial charge < -0.3 is 10.6 Å². The molecule has 0 aliphatic carbocycles. The van der Waals surface area contributed by atoms with Gasteiger partial charge in [-0.25, -0.2) is 8.42 Å². The fourth-order valence-corrected chi connectivity index (χ4v) is 5.16. The molecule has 10 heteroatoms. The maximum Gasteiger partial charge on any atom is 0.252 e. The number of rotatable bonds is 8. The van der Waals surface area contributed by atoms with Crippen molar-refractivity contribution >= 4 is 50.5 Å². The second kappa shape index (κ2) is 9.51.